The smallest absolute Gasteiger partial charge is 0.273 e. The van der Waals surface area contributed by atoms with Crippen molar-refractivity contribution >= 4 is 29.0 Å². The molecular formula is C15H18ClN5O. The maximum absolute atomic E-state index is 12.0. The normalized spacial score (nSPS) is 15.8. The van der Waals surface area contributed by atoms with Gasteiger partial charge in [-0.15, -0.1) is 0 Å². The second-order valence-electron chi connectivity index (χ2n) is 5.38. The van der Waals surface area contributed by atoms with Gasteiger partial charge in [0.15, 0.2) is 0 Å². The molecule has 0 bridgehead atoms. The largest absolute Gasteiger partial charge is 0.368 e. The summed E-state index contributed by atoms with van der Waals surface area (Å²) < 4.78 is 0. The van der Waals surface area contributed by atoms with E-state index in [2.05, 4.69) is 32.1 Å². The summed E-state index contributed by atoms with van der Waals surface area (Å²) in [6.45, 7) is 4.08. The maximum atomic E-state index is 12.0. The van der Waals surface area contributed by atoms with Gasteiger partial charge in [0.1, 0.15) is 11.5 Å². The molecule has 2 aromatic heterocycles. The standard InChI is InChI=1S/C15H18ClN5O/c1-20-4-6-21(7-5-20)12-2-3-14(18-10-12)19-15(22)13-8-11(16)9-17-13/h2-3,8-10,17H,4-7H2,1H3,(H,18,19,22). The van der Waals surface area contributed by atoms with Crippen LogP contribution in [0.1, 0.15) is 10.5 Å². The molecule has 1 aliphatic rings. The van der Waals surface area contributed by atoms with Gasteiger partial charge in [0.25, 0.3) is 5.91 Å². The molecule has 0 aromatic carbocycles. The number of carbonyl (C=O) groups excluding carboxylic acids is 1. The van der Waals surface area contributed by atoms with E-state index in [1.165, 1.54) is 0 Å². The van der Waals surface area contributed by atoms with Crippen LogP contribution in [0.15, 0.2) is 30.6 Å². The molecule has 0 unspecified atom stereocenters. The number of pyridine rings is 1. The summed E-state index contributed by atoms with van der Waals surface area (Å²) in [4.78, 5) is 23.7. The number of H-pyrrole nitrogens is 1. The molecule has 6 nitrogen and oxygen atoms in total. The zero-order chi connectivity index (χ0) is 15.5. The minimum absolute atomic E-state index is 0.258. The lowest BCUT2D eigenvalue weighted by atomic mass is 10.3. The molecule has 22 heavy (non-hydrogen) atoms. The minimum Gasteiger partial charge on any atom is -0.368 e. The highest BCUT2D eigenvalue weighted by Gasteiger charge is 2.15. The quantitative estimate of drug-likeness (QED) is 0.909. The van der Waals surface area contributed by atoms with E-state index in [9.17, 15) is 4.79 Å². The lowest BCUT2D eigenvalue weighted by Gasteiger charge is -2.33. The van der Waals surface area contributed by atoms with Gasteiger partial charge < -0.3 is 20.1 Å². The van der Waals surface area contributed by atoms with Gasteiger partial charge in [-0.1, -0.05) is 11.6 Å². The predicted molar refractivity (Wildman–Crippen MR) is 87.7 cm³/mol. The number of aromatic nitrogens is 2. The number of halogens is 1. The van der Waals surface area contributed by atoms with Crippen molar-refractivity contribution in [1.82, 2.24) is 14.9 Å². The van der Waals surface area contributed by atoms with E-state index in [0.717, 1.165) is 31.9 Å². The molecule has 0 atom stereocenters. The fourth-order valence-electron chi connectivity index (χ4n) is 2.39. The lowest BCUT2D eigenvalue weighted by molar-refractivity contribution is 0.102. The van der Waals surface area contributed by atoms with Crippen molar-refractivity contribution in [3.8, 4) is 0 Å². The van der Waals surface area contributed by atoms with Gasteiger partial charge >= 0.3 is 0 Å². The molecule has 2 N–H and O–H groups in total. The fraction of sp³-hybridized carbons (Fsp3) is 0.333. The van der Waals surface area contributed by atoms with Crippen LogP contribution in [0.4, 0.5) is 11.5 Å². The summed E-state index contributed by atoms with van der Waals surface area (Å²) in [5.74, 6) is 0.264. The molecule has 1 amide bonds. The molecule has 0 spiro atoms. The van der Waals surface area contributed by atoms with Gasteiger partial charge in [-0.3, -0.25) is 4.79 Å². The van der Waals surface area contributed by atoms with Crippen LogP contribution in [0.5, 0.6) is 0 Å². The van der Waals surface area contributed by atoms with Crippen molar-refractivity contribution in [2.45, 2.75) is 0 Å². The van der Waals surface area contributed by atoms with E-state index >= 15 is 0 Å². The Bertz CT molecular complexity index is 646. The minimum atomic E-state index is -0.258. The number of anilines is 2. The zero-order valence-electron chi connectivity index (χ0n) is 12.3. The summed E-state index contributed by atoms with van der Waals surface area (Å²) in [7, 11) is 2.13. The molecular weight excluding hydrogens is 302 g/mol. The third-order valence-electron chi connectivity index (χ3n) is 3.75. The Morgan fingerprint density at radius 3 is 2.68 bits per heavy atom. The van der Waals surface area contributed by atoms with Gasteiger partial charge in [0.05, 0.1) is 16.9 Å². The molecule has 1 fully saturated rings. The molecule has 0 saturated carbocycles. The van der Waals surface area contributed by atoms with Crippen LogP contribution in [0.25, 0.3) is 0 Å². The third-order valence-corrected chi connectivity index (χ3v) is 3.97. The molecule has 3 heterocycles. The van der Waals surface area contributed by atoms with E-state index in [-0.39, 0.29) is 5.91 Å². The van der Waals surface area contributed by atoms with Crippen molar-refractivity contribution in [2.75, 3.05) is 43.4 Å². The summed E-state index contributed by atoms with van der Waals surface area (Å²) in [6.07, 6.45) is 3.36. The number of hydrogen-bond acceptors (Lipinski definition) is 4. The van der Waals surface area contributed by atoms with Crippen LogP contribution < -0.4 is 10.2 Å². The Morgan fingerprint density at radius 2 is 2.09 bits per heavy atom. The van der Waals surface area contributed by atoms with Crippen molar-refractivity contribution in [3.05, 3.63) is 41.3 Å². The topological polar surface area (TPSA) is 64.3 Å². The Hall–Kier alpha value is -2.05. The molecule has 0 aliphatic carbocycles. The number of aromatic amines is 1. The molecule has 0 radical (unpaired) electrons. The molecule has 1 aliphatic heterocycles. The number of rotatable bonds is 3. The average Bonchev–Trinajstić information content (AvgIpc) is 2.96. The first kappa shape index (κ1) is 14.9. The van der Waals surface area contributed by atoms with E-state index in [1.54, 1.807) is 18.5 Å². The Kier molecular flexibility index (Phi) is 4.31. The summed E-state index contributed by atoms with van der Waals surface area (Å²) >= 11 is 5.79. The first-order valence-electron chi connectivity index (χ1n) is 7.16. The summed E-state index contributed by atoms with van der Waals surface area (Å²) in [5.41, 5.74) is 1.49. The molecule has 1 saturated heterocycles. The van der Waals surface area contributed by atoms with Crippen molar-refractivity contribution in [1.29, 1.82) is 0 Å². The Morgan fingerprint density at radius 1 is 1.32 bits per heavy atom. The lowest BCUT2D eigenvalue weighted by Crippen LogP contribution is -2.44. The van der Waals surface area contributed by atoms with Gasteiger partial charge in [0.2, 0.25) is 0 Å². The number of amides is 1. The highest BCUT2D eigenvalue weighted by Crippen LogP contribution is 2.17. The number of hydrogen-bond donors (Lipinski definition) is 2. The van der Waals surface area contributed by atoms with Crippen LogP contribution in [-0.2, 0) is 0 Å². The van der Waals surface area contributed by atoms with Crippen LogP contribution in [0.3, 0.4) is 0 Å². The van der Waals surface area contributed by atoms with Crippen LogP contribution in [-0.4, -0.2) is 54.0 Å². The SMILES string of the molecule is CN1CCN(c2ccc(NC(=O)c3cc(Cl)c[nH]3)nc2)CC1. The van der Waals surface area contributed by atoms with Crippen molar-refractivity contribution < 1.29 is 4.79 Å². The third kappa shape index (κ3) is 3.40. The monoisotopic (exact) mass is 319 g/mol. The van der Waals surface area contributed by atoms with Crippen molar-refractivity contribution in [3.63, 3.8) is 0 Å². The fourth-order valence-corrected chi connectivity index (χ4v) is 2.56. The average molecular weight is 320 g/mol. The Labute approximate surface area is 134 Å². The number of piperazine rings is 1. The number of nitrogens with zero attached hydrogens (tertiary/aromatic N) is 3. The molecule has 7 heteroatoms. The van der Waals surface area contributed by atoms with E-state index in [0.29, 0.717) is 16.5 Å². The van der Waals surface area contributed by atoms with Gasteiger partial charge in [-0.2, -0.15) is 0 Å². The summed E-state index contributed by atoms with van der Waals surface area (Å²) in [6, 6.07) is 5.38. The second kappa shape index (κ2) is 6.37. The number of carbonyl (C=O) groups is 1. The first-order valence-corrected chi connectivity index (χ1v) is 7.54. The zero-order valence-corrected chi connectivity index (χ0v) is 13.1. The molecule has 3 rings (SSSR count). The molecule has 116 valence electrons. The number of likely N-dealkylation sites (N-methyl/N-ethyl adjacent to an activating group) is 1. The van der Waals surface area contributed by atoms with Gasteiger partial charge in [-0.25, -0.2) is 4.98 Å². The summed E-state index contributed by atoms with van der Waals surface area (Å²) in [5, 5.41) is 3.25. The highest BCUT2D eigenvalue weighted by molar-refractivity contribution is 6.31. The van der Waals surface area contributed by atoms with Crippen LogP contribution in [0, 0.1) is 0 Å². The van der Waals surface area contributed by atoms with Gasteiger partial charge in [-0.05, 0) is 25.2 Å². The van der Waals surface area contributed by atoms with E-state index < -0.39 is 0 Å². The van der Waals surface area contributed by atoms with Crippen molar-refractivity contribution in [2.24, 2.45) is 0 Å². The second-order valence-corrected chi connectivity index (χ2v) is 5.81. The highest BCUT2D eigenvalue weighted by atomic mass is 35.5. The van der Waals surface area contributed by atoms with E-state index in [1.807, 2.05) is 12.1 Å². The molecule has 2 aromatic rings. The van der Waals surface area contributed by atoms with E-state index in [4.69, 9.17) is 11.6 Å². The predicted octanol–water partition coefficient (Wildman–Crippen LogP) is 2.07. The first-order chi connectivity index (χ1) is 10.6. The Balaban J connectivity index is 1.63. The maximum Gasteiger partial charge on any atom is 0.273 e. The van der Waals surface area contributed by atoms with Crippen LogP contribution >= 0.6 is 11.6 Å². The number of nitrogens with one attached hydrogen (secondary N) is 2. The van der Waals surface area contributed by atoms with Gasteiger partial charge in [0, 0.05) is 32.4 Å². The van der Waals surface area contributed by atoms with Crippen LogP contribution in [0.2, 0.25) is 5.02 Å².